The van der Waals surface area contributed by atoms with Crippen molar-refractivity contribution < 1.29 is 4.79 Å². The number of likely N-dealkylation sites (tertiary alicyclic amines) is 1. The number of aryl methyl sites for hydroxylation is 1. The molecule has 1 fully saturated rings. The maximum absolute atomic E-state index is 12.1. The zero-order valence-electron chi connectivity index (χ0n) is 9.14. The van der Waals surface area contributed by atoms with Crippen LogP contribution < -0.4 is 0 Å². The topological polar surface area (TPSA) is 37.6 Å². The van der Waals surface area contributed by atoms with E-state index in [1.54, 1.807) is 11.3 Å². The van der Waals surface area contributed by atoms with Crippen molar-refractivity contribution in [1.82, 2.24) is 14.3 Å². The number of amides is 1. The summed E-state index contributed by atoms with van der Waals surface area (Å²) in [6.07, 6.45) is 4.09. The summed E-state index contributed by atoms with van der Waals surface area (Å²) < 4.78 is 1.98. The van der Waals surface area contributed by atoms with Gasteiger partial charge in [0.05, 0.1) is 0 Å². The van der Waals surface area contributed by atoms with Gasteiger partial charge in [-0.2, -0.15) is 0 Å². The monoisotopic (exact) mass is 235 g/mol. The van der Waals surface area contributed by atoms with E-state index in [1.165, 1.54) is 0 Å². The Morgan fingerprint density at radius 1 is 1.44 bits per heavy atom. The van der Waals surface area contributed by atoms with Gasteiger partial charge in [-0.3, -0.25) is 9.20 Å². The highest BCUT2D eigenvalue weighted by Crippen LogP contribution is 2.18. The van der Waals surface area contributed by atoms with Gasteiger partial charge in [0.2, 0.25) is 0 Å². The Morgan fingerprint density at radius 2 is 2.19 bits per heavy atom. The third-order valence-electron chi connectivity index (χ3n) is 3.00. The molecule has 5 heteroatoms. The summed E-state index contributed by atoms with van der Waals surface area (Å²) in [5.74, 6) is 0.0767. The van der Waals surface area contributed by atoms with Crippen LogP contribution in [0.5, 0.6) is 0 Å². The lowest BCUT2D eigenvalue weighted by Crippen LogP contribution is -2.27. The molecule has 0 aliphatic carbocycles. The van der Waals surface area contributed by atoms with Crippen molar-refractivity contribution in [2.75, 3.05) is 13.1 Å². The van der Waals surface area contributed by atoms with Gasteiger partial charge in [0.1, 0.15) is 5.69 Å². The van der Waals surface area contributed by atoms with Crippen molar-refractivity contribution in [2.24, 2.45) is 0 Å². The Kier molecular flexibility index (Phi) is 2.21. The summed E-state index contributed by atoms with van der Waals surface area (Å²) in [4.78, 5) is 19.2. The molecule has 16 heavy (non-hydrogen) atoms. The van der Waals surface area contributed by atoms with Crippen molar-refractivity contribution in [3.63, 3.8) is 0 Å². The molecule has 4 nitrogen and oxygen atoms in total. The number of rotatable bonds is 1. The van der Waals surface area contributed by atoms with E-state index in [2.05, 4.69) is 4.98 Å². The minimum Gasteiger partial charge on any atom is -0.337 e. The second-order valence-electron chi connectivity index (χ2n) is 4.16. The van der Waals surface area contributed by atoms with Crippen LogP contribution in [0.3, 0.4) is 0 Å². The number of carbonyl (C=O) groups is 1. The van der Waals surface area contributed by atoms with Gasteiger partial charge in [0.15, 0.2) is 4.96 Å². The van der Waals surface area contributed by atoms with Gasteiger partial charge >= 0.3 is 0 Å². The number of carbonyl (C=O) groups excluding carboxylic acids is 1. The molecular formula is C11H13N3OS. The van der Waals surface area contributed by atoms with Crippen LogP contribution in [0.4, 0.5) is 0 Å². The fourth-order valence-corrected chi connectivity index (χ4v) is 2.93. The lowest BCUT2D eigenvalue weighted by molar-refractivity contribution is 0.0788. The van der Waals surface area contributed by atoms with Gasteiger partial charge < -0.3 is 4.90 Å². The Balaban J connectivity index is 1.95. The van der Waals surface area contributed by atoms with Gasteiger partial charge in [0.25, 0.3) is 5.91 Å². The molecule has 0 N–H and O–H groups in total. The molecular weight excluding hydrogens is 222 g/mol. The van der Waals surface area contributed by atoms with Crippen molar-refractivity contribution in [2.45, 2.75) is 19.8 Å². The molecule has 0 radical (unpaired) electrons. The van der Waals surface area contributed by atoms with Crippen LogP contribution in [-0.2, 0) is 0 Å². The zero-order valence-corrected chi connectivity index (χ0v) is 9.96. The summed E-state index contributed by atoms with van der Waals surface area (Å²) in [6.45, 7) is 3.78. The summed E-state index contributed by atoms with van der Waals surface area (Å²) in [5, 5.41) is 2.05. The average molecular weight is 235 g/mol. The Hall–Kier alpha value is -1.36. The van der Waals surface area contributed by atoms with Crippen molar-refractivity contribution in [3.05, 3.63) is 23.0 Å². The fourth-order valence-electron chi connectivity index (χ4n) is 2.08. The highest BCUT2D eigenvalue weighted by molar-refractivity contribution is 7.15. The molecule has 1 saturated heterocycles. The summed E-state index contributed by atoms with van der Waals surface area (Å²) in [6, 6.07) is 0. The Morgan fingerprint density at radius 3 is 2.88 bits per heavy atom. The molecule has 1 aliphatic heterocycles. The standard InChI is InChI=1S/C11H13N3OS/c1-8-7-16-11-12-9(6-14(8)11)10(15)13-4-2-3-5-13/h6-7H,2-5H2,1H3. The van der Waals surface area contributed by atoms with Crippen molar-refractivity contribution in [1.29, 1.82) is 0 Å². The second-order valence-corrected chi connectivity index (χ2v) is 4.99. The first-order chi connectivity index (χ1) is 7.75. The van der Waals surface area contributed by atoms with E-state index >= 15 is 0 Å². The second kappa shape index (κ2) is 3.59. The van der Waals surface area contributed by atoms with Gasteiger partial charge in [-0.05, 0) is 19.8 Å². The van der Waals surface area contributed by atoms with Crippen LogP contribution in [0.2, 0.25) is 0 Å². The molecule has 0 aromatic carbocycles. The summed E-state index contributed by atoms with van der Waals surface area (Å²) >= 11 is 1.58. The summed E-state index contributed by atoms with van der Waals surface area (Å²) in [7, 11) is 0. The van der Waals surface area contributed by atoms with Gasteiger partial charge in [-0.25, -0.2) is 4.98 Å². The highest BCUT2D eigenvalue weighted by Gasteiger charge is 2.22. The average Bonchev–Trinajstić information content (AvgIpc) is 2.96. The third-order valence-corrected chi connectivity index (χ3v) is 3.96. The quantitative estimate of drug-likeness (QED) is 0.757. The molecule has 3 rings (SSSR count). The van der Waals surface area contributed by atoms with Crippen LogP contribution in [0, 0.1) is 6.92 Å². The molecule has 0 bridgehead atoms. The van der Waals surface area contributed by atoms with Crippen LogP contribution in [0.1, 0.15) is 29.0 Å². The molecule has 1 aliphatic rings. The molecule has 3 heterocycles. The maximum Gasteiger partial charge on any atom is 0.274 e. The lowest BCUT2D eigenvalue weighted by atomic mass is 10.4. The van der Waals surface area contributed by atoms with E-state index in [1.807, 2.05) is 27.8 Å². The predicted octanol–water partition coefficient (Wildman–Crippen LogP) is 1.94. The SMILES string of the molecule is Cc1csc2nc(C(=O)N3CCCC3)cn12. The van der Waals surface area contributed by atoms with Crippen molar-refractivity contribution >= 4 is 22.2 Å². The number of hydrogen-bond donors (Lipinski definition) is 0. The molecule has 2 aromatic heterocycles. The zero-order chi connectivity index (χ0) is 11.1. The molecule has 2 aromatic rings. The summed E-state index contributed by atoms with van der Waals surface area (Å²) in [5.41, 5.74) is 1.71. The maximum atomic E-state index is 12.1. The number of thiazole rings is 1. The molecule has 0 saturated carbocycles. The van der Waals surface area contributed by atoms with E-state index in [9.17, 15) is 4.79 Å². The molecule has 1 amide bonds. The lowest BCUT2D eigenvalue weighted by Gasteiger charge is -2.12. The Bertz CT molecular complexity index is 536. The molecule has 0 atom stereocenters. The molecule has 84 valence electrons. The third kappa shape index (κ3) is 1.43. The van der Waals surface area contributed by atoms with E-state index in [-0.39, 0.29) is 5.91 Å². The van der Waals surface area contributed by atoms with E-state index < -0.39 is 0 Å². The van der Waals surface area contributed by atoms with Gasteiger partial charge in [0, 0.05) is 30.4 Å². The Labute approximate surface area is 97.5 Å². The molecule has 0 unspecified atom stereocenters. The minimum absolute atomic E-state index is 0.0767. The molecule has 0 spiro atoms. The first kappa shape index (κ1) is 9.84. The number of aromatic nitrogens is 2. The van der Waals surface area contributed by atoms with Crippen molar-refractivity contribution in [3.8, 4) is 0 Å². The smallest absolute Gasteiger partial charge is 0.274 e. The highest BCUT2D eigenvalue weighted by atomic mass is 32.1. The largest absolute Gasteiger partial charge is 0.337 e. The van der Waals surface area contributed by atoms with E-state index in [0.29, 0.717) is 5.69 Å². The number of hydrogen-bond acceptors (Lipinski definition) is 3. The van der Waals surface area contributed by atoms with Gasteiger partial charge in [-0.15, -0.1) is 11.3 Å². The van der Waals surface area contributed by atoms with Crippen LogP contribution in [0.25, 0.3) is 4.96 Å². The van der Waals surface area contributed by atoms with Crippen LogP contribution in [-0.4, -0.2) is 33.3 Å². The van der Waals surface area contributed by atoms with Gasteiger partial charge in [-0.1, -0.05) is 0 Å². The fraction of sp³-hybridized carbons (Fsp3) is 0.455. The number of fused-ring (bicyclic) bond motifs is 1. The minimum atomic E-state index is 0.0767. The normalized spacial score (nSPS) is 16.2. The first-order valence-corrected chi connectivity index (χ1v) is 6.36. The number of nitrogens with zero attached hydrogens (tertiary/aromatic N) is 3. The first-order valence-electron chi connectivity index (χ1n) is 5.48. The van der Waals surface area contributed by atoms with Crippen LogP contribution >= 0.6 is 11.3 Å². The predicted molar refractivity (Wildman–Crippen MR) is 62.9 cm³/mol. The van der Waals surface area contributed by atoms with E-state index in [4.69, 9.17) is 0 Å². The van der Waals surface area contributed by atoms with E-state index in [0.717, 1.165) is 36.6 Å². The number of imidazole rings is 1. The van der Waals surface area contributed by atoms with Crippen LogP contribution in [0.15, 0.2) is 11.6 Å².